The maximum atomic E-state index is 12.8. The molecule has 34 heavy (non-hydrogen) atoms. The van der Waals surface area contributed by atoms with Gasteiger partial charge in [0.2, 0.25) is 0 Å². The number of amides is 1. The van der Waals surface area contributed by atoms with Crippen LogP contribution in [0.5, 0.6) is 5.75 Å². The van der Waals surface area contributed by atoms with Crippen LogP contribution in [-0.2, 0) is 17.9 Å². The molecule has 0 spiro atoms. The second-order valence-electron chi connectivity index (χ2n) is 7.66. The lowest BCUT2D eigenvalue weighted by Gasteiger charge is -2.09. The monoisotopic (exact) mass is 462 g/mol. The number of nitrogens with zero attached hydrogens (tertiary/aromatic N) is 5. The molecule has 2 aromatic carbocycles. The normalized spacial score (nSPS) is 10.9. The summed E-state index contributed by atoms with van der Waals surface area (Å²) in [5, 5.41) is 18.1. The van der Waals surface area contributed by atoms with Crippen molar-refractivity contribution in [2.24, 2.45) is 0 Å². The zero-order valence-corrected chi connectivity index (χ0v) is 18.4. The van der Waals surface area contributed by atoms with Gasteiger partial charge in [0.05, 0.1) is 24.2 Å². The van der Waals surface area contributed by atoms with Gasteiger partial charge in [0.1, 0.15) is 17.5 Å². The van der Waals surface area contributed by atoms with Crippen molar-refractivity contribution in [2.45, 2.75) is 20.0 Å². The fourth-order valence-electron chi connectivity index (χ4n) is 3.40. The maximum Gasteiger partial charge on any atom is 0.269 e. The largest absolute Gasteiger partial charge is 0.484 e. The van der Waals surface area contributed by atoms with Crippen molar-refractivity contribution in [1.29, 1.82) is 0 Å². The van der Waals surface area contributed by atoms with E-state index in [1.807, 2.05) is 25.1 Å². The summed E-state index contributed by atoms with van der Waals surface area (Å²) < 4.78 is 8.45. The molecule has 0 saturated carbocycles. The van der Waals surface area contributed by atoms with Gasteiger partial charge in [0, 0.05) is 18.7 Å². The number of non-ortho nitro benzene ring substituents is 1. The van der Waals surface area contributed by atoms with Crippen LogP contribution < -0.4 is 15.6 Å². The van der Waals surface area contributed by atoms with E-state index >= 15 is 0 Å². The van der Waals surface area contributed by atoms with Crippen molar-refractivity contribution in [3.8, 4) is 5.75 Å². The summed E-state index contributed by atoms with van der Waals surface area (Å²) in [5.74, 6) is 0.360. The van der Waals surface area contributed by atoms with Crippen molar-refractivity contribution >= 4 is 22.6 Å². The van der Waals surface area contributed by atoms with Gasteiger partial charge in [0.15, 0.2) is 12.3 Å². The molecule has 0 radical (unpaired) electrons. The van der Waals surface area contributed by atoms with Crippen molar-refractivity contribution in [2.75, 3.05) is 13.2 Å². The minimum atomic E-state index is -0.475. The highest BCUT2D eigenvalue weighted by Crippen LogP contribution is 2.13. The molecule has 2 heterocycles. The molecule has 0 unspecified atom stereocenters. The first kappa shape index (κ1) is 22.6. The predicted octanol–water partition coefficient (Wildman–Crippen LogP) is 2.05. The standard InChI is InChI=1S/C23H22N6O5/c1-16-3-2-4-19(11-16)34-14-21(30)24-9-10-28-22-20(12-26-28)23(31)27(15-25-22)13-17-5-7-18(8-6-17)29(32)33/h2-8,11-12,15H,9-10,13-14H2,1H3,(H,24,30). The molecule has 0 bridgehead atoms. The molecule has 1 amide bonds. The highest BCUT2D eigenvalue weighted by atomic mass is 16.6. The fraction of sp³-hybridized carbons (Fsp3) is 0.217. The van der Waals surface area contributed by atoms with Gasteiger partial charge in [-0.2, -0.15) is 5.10 Å². The number of aromatic nitrogens is 4. The number of aryl methyl sites for hydroxylation is 1. The van der Waals surface area contributed by atoms with Gasteiger partial charge in [-0.25, -0.2) is 9.67 Å². The van der Waals surface area contributed by atoms with Gasteiger partial charge in [-0.15, -0.1) is 0 Å². The second kappa shape index (κ2) is 9.94. The molecule has 174 valence electrons. The Labute approximate surface area is 193 Å². The number of carbonyl (C=O) groups is 1. The van der Waals surface area contributed by atoms with Crippen LogP contribution in [0.4, 0.5) is 5.69 Å². The molecule has 0 aliphatic heterocycles. The molecule has 0 aliphatic rings. The molecule has 0 saturated heterocycles. The first-order chi connectivity index (χ1) is 16.4. The average molecular weight is 462 g/mol. The fourth-order valence-corrected chi connectivity index (χ4v) is 3.40. The number of nitro benzene ring substituents is 1. The van der Waals surface area contributed by atoms with E-state index in [2.05, 4.69) is 15.4 Å². The van der Waals surface area contributed by atoms with Crippen LogP contribution in [0.1, 0.15) is 11.1 Å². The van der Waals surface area contributed by atoms with E-state index in [1.54, 1.807) is 22.9 Å². The van der Waals surface area contributed by atoms with Crippen LogP contribution in [0.15, 0.2) is 65.8 Å². The summed E-state index contributed by atoms with van der Waals surface area (Å²) in [6, 6.07) is 13.4. The molecule has 4 aromatic rings. The number of nitro groups is 1. The molecule has 11 heteroatoms. The smallest absolute Gasteiger partial charge is 0.269 e. The van der Waals surface area contributed by atoms with E-state index in [-0.39, 0.29) is 30.3 Å². The zero-order valence-electron chi connectivity index (χ0n) is 18.4. The molecular formula is C23H22N6O5. The van der Waals surface area contributed by atoms with E-state index in [9.17, 15) is 19.7 Å². The highest BCUT2D eigenvalue weighted by molar-refractivity contribution is 5.77. The first-order valence-electron chi connectivity index (χ1n) is 10.5. The van der Waals surface area contributed by atoms with E-state index in [4.69, 9.17) is 4.74 Å². The highest BCUT2D eigenvalue weighted by Gasteiger charge is 2.12. The van der Waals surface area contributed by atoms with Crippen molar-refractivity contribution in [3.05, 3.63) is 92.7 Å². The van der Waals surface area contributed by atoms with Gasteiger partial charge in [-0.1, -0.05) is 24.3 Å². The second-order valence-corrected chi connectivity index (χ2v) is 7.66. The van der Waals surface area contributed by atoms with Crippen molar-refractivity contribution in [3.63, 3.8) is 0 Å². The first-order valence-corrected chi connectivity index (χ1v) is 10.5. The maximum absolute atomic E-state index is 12.8. The summed E-state index contributed by atoms with van der Waals surface area (Å²) in [6.45, 7) is 2.69. The third-order valence-corrected chi connectivity index (χ3v) is 5.13. The van der Waals surface area contributed by atoms with Crippen LogP contribution in [0.3, 0.4) is 0 Å². The number of hydrogen-bond acceptors (Lipinski definition) is 7. The quantitative estimate of drug-likeness (QED) is 0.297. The lowest BCUT2D eigenvalue weighted by Crippen LogP contribution is -2.31. The van der Waals surface area contributed by atoms with Gasteiger partial charge >= 0.3 is 0 Å². The summed E-state index contributed by atoms with van der Waals surface area (Å²) in [4.78, 5) is 39.5. The Hall–Kier alpha value is -4.54. The molecule has 2 aromatic heterocycles. The molecule has 11 nitrogen and oxygen atoms in total. The topological polar surface area (TPSA) is 134 Å². The minimum Gasteiger partial charge on any atom is -0.484 e. The Morgan fingerprint density at radius 3 is 2.74 bits per heavy atom. The Bertz CT molecular complexity index is 1390. The number of ether oxygens (including phenoxy) is 1. The lowest BCUT2D eigenvalue weighted by molar-refractivity contribution is -0.384. The van der Waals surface area contributed by atoms with E-state index in [0.717, 1.165) is 11.1 Å². The molecule has 0 fully saturated rings. The van der Waals surface area contributed by atoms with Gasteiger partial charge in [-0.3, -0.25) is 24.3 Å². The average Bonchev–Trinajstić information content (AvgIpc) is 3.24. The Morgan fingerprint density at radius 1 is 1.21 bits per heavy atom. The number of fused-ring (bicyclic) bond motifs is 1. The van der Waals surface area contributed by atoms with Crippen LogP contribution in [0.2, 0.25) is 0 Å². The van der Waals surface area contributed by atoms with Crippen LogP contribution in [-0.4, -0.2) is 43.3 Å². The predicted molar refractivity (Wildman–Crippen MR) is 124 cm³/mol. The number of benzene rings is 2. The van der Waals surface area contributed by atoms with Crippen molar-refractivity contribution in [1.82, 2.24) is 24.6 Å². The summed E-state index contributed by atoms with van der Waals surface area (Å²) in [7, 11) is 0. The van der Waals surface area contributed by atoms with Gasteiger partial charge in [0.25, 0.3) is 17.2 Å². The number of nitrogens with one attached hydrogen (secondary N) is 1. The molecule has 0 aliphatic carbocycles. The summed E-state index contributed by atoms with van der Waals surface area (Å²) in [6.07, 6.45) is 2.86. The molecule has 4 rings (SSSR count). The number of hydrogen-bond donors (Lipinski definition) is 1. The minimum absolute atomic E-state index is 0.0141. The number of rotatable bonds is 9. The third-order valence-electron chi connectivity index (χ3n) is 5.13. The molecule has 1 N–H and O–H groups in total. The van der Waals surface area contributed by atoms with Crippen LogP contribution >= 0.6 is 0 Å². The van der Waals surface area contributed by atoms with E-state index in [0.29, 0.717) is 29.9 Å². The summed E-state index contributed by atoms with van der Waals surface area (Å²) in [5.41, 5.74) is 1.90. The van der Waals surface area contributed by atoms with E-state index in [1.165, 1.54) is 29.2 Å². The SMILES string of the molecule is Cc1cccc(OCC(=O)NCCn2ncc3c(=O)n(Cc4ccc([N+](=O)[O-])cc4)cnc32)c1. The van der Waals surface area contributed by atoms with Crippen LogP contribution in [0.25, 0.3) is 11.0 Å². The van der Waals surface area contributed by atoms with Crippen LogP contribution in [0, 0.1) is 17.0 Å². The van der Waals surface area contributed by atoms with Gasteiger partial charge in [-0.05, 0) is 30.2 Å². The Balaban J connectivity index is 1.35. The van der Waals surface area contributed by atoms with E-state index < -0.39 is 4.92 Å². The zero-order chi connectivity index (χ0) is 24.1. The lowest BCUT2D eigenvalue weighted by atomic mass is 10.2. The Kier molecular flexibility index (Phi) is 6.62. The van der Waals surface area contributed by atoms with Crippen molar-refractivity contribution < 1.29 is 14.5 Å². The molecular weight excluding hydrogens is 440 g/mol. The number of carbonyl (C=O) groups excluding carboxylic acids is 1. The molecule has 0 atom stereocenters. The third kappa shape index (κ3) is 5.26. The van der Waals surface area contributed by atoms with Gasteiger partial charge < -0.3 is 10.1 Å². The summed E-state index contributed by atoms with van der Waals surface area (Å²) >= 11 is 0. The Morgan fingerprint density at radius 2 is 2.00 bits per heavy atom.